The summed E-state index contributed by atoms with van der Waals surface area (Å²) in [6, 6.07) is 50.3. The summed E-state index contributed by atoms with van der Waals surface area (Å²) in [5, 5.41) is 1.02. The van der Waals surface area contributed by atoms with Crippen molar-refractivity contribution in [2.75, 3.05) is 4.90 Å². The van der Waals surface area contributed by atoms with Crippen molar-refractivity contribution < 1.29 is 4.42 Å². The van der Waals surface area contributed by atoms with Gasteiger partial charge in [-0.15, -0.1) is 0 Å². The number of hydrogen-bond acceptors (Lipinski definition) is 3. The number of rotatable bonds is 5. The molecule has 0 atom stereocenters. The van der Waals surface area contributed by atoms with E-state index in [0.29, 0.717) is 0 Å². The fourth-order valence-corrected chi connectivity index (χ4v) is 4.99. The van der Waals surface area contributed by atoms with Crippen LogP contribution in [0.3, 0.4) is 0 Å². The number of para-hydroxylation sites is 2. The summed E-state index contributed by atoms with van der Waals surface area (Å²) in [7, 11) is 0. The van der Waals surface area contributed by atoms with Gasteiger partial charge in [0.1, 0.15) is 16.9 Å². The van der Waals surface area contributed by atoms with E-state index in [-0.39, 0.29) is 0 Å². The van der Waals surface area contributed by atoms with Crippen LogP contribution in [0.15, 0.2) is 150 Å². The van der Waals surface area contributed by atoms with Crippen molar-refractivity contribution in [2.24, 2.45) is 0 Å². The third-order valence-corrected chi connectivity index (χ3v) is 6.90. The van der Waals surface area contributed by atoms with E-state index < -0.39 is 0 Å². The molecule has 0 radical (unpaired) electrons. The van der Waals surface area contributed by atoms with Gasteiger partial charge in [-0.25, -0.2) is 4.98 Å². The Hall–Kier alpha value is -5.15. The van der Waals surface area contributed by atoms with E-state index in [1.807, 2.05) is 42.5 Å². The predicted molar refractivity (Wildman–Crippen MR) is 157 cm³/mol. The lowest BCUT2D eigenvalue weighted by Crippen LogP contribution is -2.11. The Kier molecular flexibility index (Phi) is 5.45. The highest BCUT2D eigenvalue weighted by molar-refractivity contribution is 6.03. The van der Waals surface area contributed by atoms with E-state index in [9.17, 15) is 0 Å². The van der Waals surface area contributed by atoms with Crippen LogP contribution in [-0.2, 0) is 0 Å². The standard InChI is InChI=1S/C35H24N2O/c1-3-9-25(10-4-1)26-15-17-27(18-16-26)28-19-21-30(22-20-28)37(29-11-5-2-6-12-29)34-24-23-33-35(36-34)31-13-7-8-14-32(31)38-33/h1-24H. The highest BCUT2D eigenvalue weighted by atomic mass is 16.3. The van der Waals surface area contributed by atoms with Gasteiger partial charge in [0.05, 0.1) is 0 Å². The Morgan fingerprint density at radius 3 is 1.63 bits per heavy atom. The van der Waals surface area contributed by atoms with Crippen molar-refractivity contribution in [3.63, 3.8) is 0 Å². The van der Waals surface area contributed by atoms with Crippen molar-refractivity contribution in [2.45, 2.75) is 0 Å². The van der Waals surface area contributed by atoms with Crippen LogP contribution in [-0.4, -0.2) is 4.98 Å². The number of aromatic nitrogens is 1. The third-order valence-electron chi connectivity index (χ3n) is 6.90. The molecular formula is C35H24N2O. The smallest absolute Gasteiger partial charge is 0.154 e. The van der Waals surface area contributed by atoms with Crippen molar-refractivity contribution in [1.29, 1.82) is 0 Å². The molecule has 0 fully saturated rings. The number of benzene rings is 5. The van der Waals surface area contributed by atoms with Crippen LogP contribution in [0, 0.1) is 0 Å². The van der Waals surface area contributed by atoms with Crippen molar-refractivity contribution >= 4 is 39.3 Å². The first-order valence-electron chi connectivity index (χ1n) is 12.7. The SMILES string of the molecule is c1ccc(-c2ccc(-c3ccc(N(c4ccccc4)c4ccc5oc6ccccc6c5n4)cc3)cc2)cc1. The Morgan fingerprint density at radius 2 is 0.947 bits per heavy atom. The quantitative estimate of drug-likeness (QED) is 0.241. The van der Waals surface area contributed by atoms with E-state index in [0.717, 1.165) is 39.3 Å². The van der Waals surface area contributed by atoms with E-state index in [1.54, 1.807) is 0 Å². The second kappa shape index (κ2) is 9.38. The molecule has 0 aliphatic carbocycles. The molecule has 0 aliphatic rings. The van der Waals surface area contributed by atoms with Gasteiger partial charge in [-0.2, -0.15) is 0 Å². The minimum atomic E-state index is 0.789. The average molecular weight is 489 g/mol. The maximum Gasteiger partial charge on any atom is 0.154 e. The summed E-state index contributed by atoms with van der Waals surface area (Å²) in [4.78, 5) is 7.25. The maximum absolute atomic E-state index is 6.02. The lowest BCUT2D eigenvalue weighted by Gasteiger charge is -2.24. The second-order valence-electron chi connectivity index (χ2n) is 9.28. The molecule has 7 rings (SSSR count). The number of hydrogen-bond donors (Lipinski definition) is 0. The van der Waals surface area contributed by atoms with Crippen LogP contribution in [0.1, 0.15) is 0 Å². The van der Waals surface area contributed by atoms with Crippen LogP contribution < -0.4 is 4.90 Å². The minimum Gasteiger partial charge on any atom is -0.454 e. The molecule has 0 spiro atoms. The molecule has 0 unspecified atom stereocenters. The van der Waals surface area contributed by atoms with Crippen molar-refractivity contribution in [1.82, 2.24) is 4.98 Å². The van der Waals surface area contributed by atoms with Gasteiger partial charge in [0.25, 0.3) is 0 Å². The molecule has 0 amide bonds. The van der Waals surface area contributed by atoms with Crippen molar-refractivity contribution in [3.8, 4) is 22.3 Å². The fraction of sp³-hybridized carbons (Fsp3) is 0. The third kappa shape index (κ3) is 4.00. The Morgan fingerprint density at radius 1 is 0.421 bits per heavy atom. The van der Waals surface area contributed by atoms with Gasteiger partial charge in [-0.3, -0.25) is 4.90 Å². The second-order valence-corrected chi connectivity index (χ2v) is 9.28. The summed E-state index contributed by atoms with van der Waals surface area (Å²) in [6.45, 7) is 0. The predicted octanol–water partition coefficient (Wildman–Crippen LogP) is 9.78. The Labute approximate surface area is 221 Å². The molecule has 3 heteroatoms. The topological polar surface area (TPSA) is 29.3 Å². The van der Waals surface area contributed by atoms with Crippen LogP contribution in [0.2, 0.25) is 0 Å². The molecule has 3 nitrogen and oxygen atoms in total. The Balaban J connectivity index is 1.27. The highest BCUT2D eigenvalue weighted by Crippen LogP contribution is 2.37. The van der Waals surface area contributed by atoms with Crippen LogP contribution in [0.5, 0.6) is 0 Å². The van der Waals surface area contributed by atoms with Gasteiger partial charge in [-0.1, -0.05) is 97.1 Å². The number of furan rings is 1. The van der Waals surface area contributed by atoms with Crippen LogP contribution in [0.25, 0.3) is 44.3 Å². The van der Waals surface area contributed by atoms with Gasteiger partial charge in [0.2, 0.25) is 0 Å². The molecule has 0 bridgehead atoms. The largest absolute Gasteiger partial charge is 0.454 e. The monoisotopic (exact) mass is 488 g/mol. The number of anilines is 3. The molecule has 0 saturated carbocycles. The fourth-order valence-electron chi connectivity index (χ4n) is 4.99. The van der Waals surface area contributed by atoms with Crippen molar-refractivity contribution in [3.05, 3.63) is 146 Å². The summed E-state index contributed by atoms with van der Waals surface area (Å²) in [6.07, 6.45) is 0. The van der Waals surface area contributed by atoms with E-state index in [2.05, 4.69) is 108 Å². The molecule has 0 aliphatic heterocycles. The van der Waals surface area contributed by atoms with Gasteiger partial charge < -0.3 is 4.42 Å². The normalized spacial score (nSPS) is 11.2. The highest BCUT2D eigenvalue weighted by Gasteiger charge is 2.16. The molecule has 180 valence electrons. The summed E-state index contributed by atoms with van der Waals surface area (Å²) in [5.41, 5.74) is 9.40. The van der Waals surface area contributed by atoms with Gasteiger partial charge in [0, 0.05) is 16.8 Å². The molecule has 0 N–H and O–H groups in total. The van der Waals surface area contributed by atoms with E-state index in [1.165, 1.54) is 22.3 Å². The molecular weight excluding hydrogens is 464 g/mol. The summed E-state index contributed by atoms with van der Waals surface area (Å²) < 4.78 is 6.02. The first kappa shape index (κ1) is 22.1. The van der Waals surface area contributed by atoms with Gasteiger partial charge in [-0.05, 0) is 70.8 Å². The first-order chi connectivity index (χ1) is 18.8. The summed E-state index contributed by atoms with van der Waals surface area (Å²) in [5.74, 6) is 0.843. The molecule has 2 heterocycles. The summed E-state index contributed by atoms with van der Waals surface area (Å²) >= 11 is 0. The number of nitrogens with zero attached hydrogens (tertiary/aromatic N) is 2. The zero-order valence-electron chi connectivity index (χ0n) is 20.7. The maximum atomic E-state index is 6.02. The van der Waals surface area contributed by atoms with Crippen LogP contribution in [0.4, 0.5) is 17.2 Å². The molecule has 38 heavy (non-hydrogen) atoms. The minimum absolute atomic E-state index is 0.789. The molecule has 5 aromatic carbocycles. The molecule has 2 aromatic heterocycles. The lowest BCUT2D eigenvalue weighted by molar-refractivity contribution is 0.668. The Bertz CT molecular complexity index is 1840. The molecule has 7 aromatic rings. The zero-order chi connectivity index (χ0) is 25.3. The zero-order valence-corrected chi connectivity index (χ0v) is 20.7. The molecule has 0 saturated heterocycles. The number of fused-ring (bicyclic) bond motifs is 3. The van der Waals surface area contributed by atoms with Gasteiger partial charge in [0.15, 0.2) is 5.58 Å². The van der Waals surface area contributed by atoms with E-state index >= 15 is 0 Å². The van der Waals surface area contributed by atoms with Crippen LogP contribution >= 0.6 is 0 Å². The van der Waals surface area contributed by atoms with E-state index in [4.69, 9.17) is 9.40 Å². The van der Waals surface area contributed by atoms with Gasteiger partial charge >= 0.3 is 0 Å². The lowest BCUT2D eigenvalue weighted by atomic mass is 10.00. The average Bonchev–Trinajstić information content (AvgIpc) is 3.37. The first-order valence-corrected chi connectivity index (χ1v) is 12.7. The number of pyridine rings is 1.